The smallest absolute Gasteiger partial charge is 0.226 e. The Kier molecular flexibility index (Phi) is 5.04. The second kappa shape index (κ2) is 7.42. The van der Waals surface area contributed by atoms with E-state index < -0.39 is 0 Å². The monoisotopic (exact) mass is 346 g/mol. The highest BCUT2D eigenvalue weighted by Gasteiger charge is 2.46. The van der Waals surface area contributed by atoms with Crippen LogP contribution in [0, 0.1) is 17.7 Å². The van der Waals surface area contributed by atoms with Crippen LogP contribution in [-0.2, 0) is 9.53 Å². The highest BCUT2D eigenvalue weighted by atomic mass is 19.1. The van der Waals surface area contributed by atoms with Gasteiger partial charge in [0.25, 0.3) is 0 Å². The largest absolute Gasteiger partial charge is 0.379 e. The SMILES string of the molecule is O=C(C1CC1c1cccc(F)c1)N1CCCC(CN2CCOCC2)C1. The molecule has 3 aliphatic rings. The number of carbonyl (C=O) groups excluding carboxylic acids is 1. The highest BCUT2D eigenvalue weighted by molar-refractivity contribution is 5.83. The van der Waals surface area contributed by atoms with Gasteiger partial charge in [0.15, 0.2) is 0 Å². The molecule has 3 atom stereocenters. The molecule has 0 spiro atoms. The molecule has 2 aliphatic heterocycles. The number of benzene rings is 1. The number of halogens is 1. The van der Waals surface area contributed by atoms with Gasteiger partial charge in [-0.15, -0.1) is 0 Å². The molecular weight excluding hydrogens is 319 g/mol. The number of carbonyl (C=O) groups is 1. The van der Waals surface area contributed by atoms with Crippen LogP contribution in [0.25, 0.3) is 0 Å². The molecule has 3 unspecified atom stereocenters. The first-order chi connectivity index (χ1) is 12.2. The molecule has 0 bridgehead atoms. The number of nitrogens with zero attached hydrogens (tertiary/aromatic N) is 2. The summed E-state index contributed by atoms with van der Waals surface area (Å²) in [5.41, 5.74) is 0.972. The third-order valence-corrected chi connectivity index (χ3v) is 5.84. The Morgan fingerprint density at radius 1 is 1.24 bits per heavy atom. The van der Waals surface area contributed by atoms with E-state index in [0.717, 1.165) is 64.3 Å². The van der Waals surface area contributed by atoms with Crippen molar-refractivity contribution in [1.82, 2.24) is 9.80 Å². The second-order valence-electron chi connectivity index (χ2n) is 7.71. The number of hydrogen-bond donors (Lipinski definition) is 0. The van der Waals surface area contributed by atoms with E-state index in [2.05, 4.69) is 9.80 Å². The van der Waals surface area contributed by atoms with Crippen LogP contribution in [0.2, 0.25) is 0 Å². The fourth-order valence-electron chi connectivity index (χ4n) is 4.37. The van der Waals surface area contributed by atoms with E-state index in [9.17, 15) is 9.18 Å². The molecule has 5 heteroatoms. The number of morpholine rings is 1. The van der Waals surface area contributed by atoms with Gasteiger partial charge in [0.2, 0.25) is 5.91 Å². The van der Waals surface area contributed by atoms with Crippen molar-refractivity contribution in [2.75, 3.05) is 45.9 Å². The van der Waals surface area contributed by atoms with Crippen LogP contribution in [0.5, 0.6) is 0 Å². The van der Waals surface area contributed by atoms with E-state index in [1.807, 2.05) is 6.07 Å². The molecule has 1 saturated carbocycles. The minimum Gasteiger partial charge on any atom is -0.379 e. The van der Waals surface area contributed by atoms with Gasteiger partial charge < -0.3 is 9.64 Å². The van der Waals surface area contributed by atoms with Crippen molar-refractivity contribution in [1.29, 1.82) is 0 Å². The normalized spacial score (nSPS) is 30.3. The summed E-state index contributed by atoms with van der Waals surface area (Å²) in [6.45, 7) is 6.50. The van der Waals surface area contributed by atoms with Gasteiger partial charge in [-0.1, -0.05) is 12.1 Å². The van der Waals surface area contributed by atoms with Crippen molar-refractivity contribution >= 4 is 5.91 Å². The Balaban J connectivity index is 1.31. The summed E-state index contributed by atoms with van der Waals surface area (Å²) in [4.78, 5) is 17.4. The molecule has 25 heavy (non-hydrogen) atoms. The lowest BCUT2D eigenvalue weighted by Gasteiger charge is -2.37. The molecule has 4 nitrogen and oxygen atoms in total. The van der Waals surface area contributed by atoms with Gasteiger partial charge in [0, 0.05) is 38.6 Å². The summed E-state index contributed by atoms with van der Waals surface area (Å²) < 4.78 is 18.8. The van der Waals surface area contributed by atoms with E-state index in [1.54, 1.807) is 12.1 Å². The Hall–Kier alpha value is -1.46. The van der Waals surface area contributed by atoms with E-state index in [1.165, 1.54) is 12.5 Å². The van der Waals surface area contributed by atoms with Crippen LogP contribution in [0.15, 0.2) is 24.3 Å². The third kappa shape index (κ3) is 4.04. The molecule has 1 amide bonds. The molecule has 136 valence electrons. The van der Waals surface area contributed by atoms with E-state index in [4.69, 9.17) is 4.74 Å². The Bertz CT molecular complexity index is 617. The van der Waals surface area contributed by atoms with Crippen molar-refractivity contribution < 1.29 is 13.9 Å². The minimum absolute atomic E-state index is 0.0592. The molecule has 0 radical (unpaired) electrons. The summed E-state index contributed by atoms with van der Waals surface area (Å²) in [6, 6.07) is 6.72. The average Bonchev–Trinajstić information content (AvgIpc) is 3.43. The summed E-state index contributed by atoms with van der Waals surface area (Å²) in [5, 5.41) is 0. The van der Waals surface area contributed by atoms with E-state index >= 15 is 0 Å². The van der Waals surface area contributed by atoms with Crippen LogP contribution in [0.3, 0.4) is 0 Å². The van der Waals surface area contributed by atoms with Crippen LogP contribution < -0.4 is 0 Å². The molecular formula is C20H27FN2O2. The van der Waals surface area contributed by atoms with Gasteiger partial charge in [-0.25, -0.2) is 4.39 Å². The van der Waals surface area contributed by atoms with Crippen molar-refractivity contribution in [3.05, 3.63) is 35.6 Å². The zero-order valence-electron chi connectivity index (χ0n) is 14.7. The van der Waals surface area contributed by atoms with Crippen LogP contribution in [-0.4, -0.2) is 61.6 Å². The molecule has 2 heterocycles. The predicted molar refractivity (Wildman–Crippen MR) is 93.8 cm³/mol. The zero-order valence-corrected chi connectivity index (χ0v) is 14.7. The lowest BCUT2D eigenvalue weighted by molar-refractivity contribution is -0.134. The van der Waals surface area contributed by atoms with Crippen LogP contribution in [0.4, 0.5) is 4.39 Å². The van der Waals surface area contributed by atoms with Gasteiger partial charge >= 0.3 is 0 Å². The zero-order chi connectivity index (χ0) is 17.2. The van der Waals surface area contributed by atoms with Crippen molar-refractivity contribution in [2.24, 2.45) is 11.8 Å². The summed E-state index contributed by atoms with van der Waals surface area (Å²) in [5.74, 6) is 0.911. The summed E-state index contributed by atoms with van der Waals surface area (Å²) in [6.07, 6.45) is 3.17. The Morgan fingerprint density at radius 3 is 2.88 bits per heavy atom. The molecule has 2 saturated heterocycles. The number of hydrogen-bond acceptors (Lipinski definition) is 3. The maximum absolute atomic E-state index is 13.4. The Labute approximate surface area is 148 Å². The van der Waals surface area contributed by atoms with E-state index in [-0.39, 0.29) is 23.6 Å². The van der Waals surface area contributed by atoms with Gasteiger partial charge in [0.05, 0.1) is 13.2 Å². The lowest BCUT2D eigenvalue weighted by Crippen LogP contribution is -2.46. The molecule has 0 aromatic heterocycles. The maximum Gasteiger partial charge on any atom is 0.226 e. The fourth-order valence-corrected chi connectivity index (χ4v) is 4.37. The number of rotatable bonds is 4. The number of ether oxygens (including phenoxy) is 1. The second-order valence-corrected chi connectivity index (χ2v) is 7.71. The van der Waals surface area contributed by atoms with Gasteiger partial charge in [-0.2, -0.15) is 0 Å². The molecule has 1 aromatic carbocycles. The first kappa shape index (κ1) is 17.0. The molecule has 1 aliphatic carbocycles. The summed E-state index contributed by atoms with van der Waals surface area (Å²) >= 11 is 0. The first-order valence-corrected chi connectivity index (χ1v) is 9.55. The first-order valence-electron chi connectivity index (χ1n) is 9.55. The number of amides is 1. The standard InChI is InChI=1S/C20H27FN2O2/c21-17-5-1-4-16(11-17)18-12-19(18)20(24)23-6-2-3-15(14-23)13-22-7-9-25-10-8-22/h1,4-5,11,15,18-19H,2-3,6-10,12-14H2. The predicted octanol–water partition coefficient (Wildman–Crippen LogP) is 2.50. The topological polar surface area (TPSA) is 32.8 Å². The van der Waals surface area contributed by atoms with E-state index in [0.29, 0.717) is 5.92 Å². The number of likely N-dealkylation sites (tertiary alicyclic amines) is 1. The van der Waals surface area contributed by atoms with Crippen molar-refractivity contribution in [3.8, 4) is 0 Å². The number of piperidine rings is 1. The van der Waals surface area contributed by atoms with Crippen LogP contribution >= 0.6 is 0 Å². The van der Waals surface area contributed by atoms with Gasteiger partial charge in [-0.05, 0) is 48.8 Å². The molecule has 3 fully saturated rings. The maximum atomic E-state index is 13.4. The van der Waals surface area contributed by atoms with Crippen molar-refractivity contribution in [3.63, 3.8) is 0 Å². The fraction of sp³-hybridized carbons (Fsp3) is 0.650. The summed E-state index contributed by atoms with van der Waals surface area (Å²) in [7, 11) is 0. The lowest BCUT2D eigenvalue weighted by atomic mass is 9.96. The Morgan fingerprint density at radius 2 is 2.08 bits per heavy atom. The quantitative estimate of drug-likeness (QED) is 0.840. The van der Waals surface area contributed by atoms with Crippen molar-refractivity contribution in [2.45, 2.75) is 25.2 Å². The average molecular weight is 346 g/mol. The molecule has 0 N–H and O–H groups in total. The molecule has 4 rings (SSSR count). The third-order valence-electron chi connectivity index (χ3n) is 5.84. The minimum atomic E-state index is -0.209. The van der Waals surface area contributed by atoms with Crippen LogP contribution in [0.1, 0.15) is 30.7 Å². The molecule has 1 aromatic rings. The van der Waals surface area contributed by atoms with Gasteiger partial charge in [0.1, 0.15) is 5.82 Å². The highest BCUT2D eigenvalue weighted by Crippen LogP contribution is 2.48. The van der Waals surface area contributed by atoms with Gasteiger partial charge in [-0.3, -0.25) is 9.69 Å².